The third-order valence-electron chi connectivity index (χ3n) is 4.55. The fourth-order valence-electron chi connectivity index (χ4n) is 2.92. The van der Waals surface area contributed by atoms with Gasteiger partial charge in [-0.1, -0.05) is 26.0 Å². The summed E-state index contributed by atoms with van der Waals surface area (Å²) < 4.78 is 31.2. The molecule has 0 fully saturated rings. The lowest BCUT2D eigenvalue weighted by Gasteiger charge is -2.14. The van der Waals surface area contributed by atoms with Crippen LogP contribution in [0.25, 0.3) is 11.3 Å². The normalized spacial score (nSPS) is 10.8. The molecule has 33 heavy (non-hydrogen) atoms. The third-order valence-corrected chi connectivity index (χ3v) is 4.55. The molecule has 0 aliphatic rings. The SMILES string of the molecule is COc1cc(-c2ncc(COc3cccc(CCC(=O)O)c3)nc2OCC(C)C)c(F)cn1. The number of aliphatic carboxylic acids is 1. The second kappa shape index (κ2) is 11.2. The highest BCUT2D eigenvalue weighted by Gasteiger charge is 2.18. The zero-order valence-corrected chi connectivity index (χ0v) is 18.7. The zero-order valence-electron chi connectivity index (χ0n) is 18.7. The minimum Gasteiger partial charge on any atom is -0.487 e. The van der Waals surface area contributed by atoms with Gasteiger partial charge in [0.2, 0.25) is 11.8 Å². The quantitative estimate of drug-likeness (QED) is 0.456. The molecular weight excluding hydrogens is 429 g/mol. The first-order valence-corrected chi connectivity index (χ1v) is 10.5. The molecule has 0 spiro atoms. The van der Waals surface area contributed by atoms with Gasteiger partial charge in [-0.2, -0.15) is 0 Å². The van der Waals surface area contributed by atoms with Gasteiger partial charge in [-0.25, -0.2) is 19.3 Å². The molecule has 0 atom stereocenters. The largest absolute Gasteiger partial charge is 0.487 e. The van der Waals surface area contributed by atoms with Crippen LogP contribution in [0.4, 0.5) is 4.39 Å². The molecule has 2 aromatic heterocycles. The van der Waals surface area contributed by atoms with Crippen molar-refractivity contribution in [2.45, 2.75) is 33.3 Å². The fraction of sp³-hybridized carbons (Fsp3) is 0.333. The van der Waals surface area contributed by atoms with Crippen molar-refractivity contribution in [2.24, 2.45) is 5.92 Å². The Balaban J connectivity index is 1.82. The van der Waals surface area contributed by atoms with Gasteiger partial charge in [0, 0.05) is 18.1 Å². The molecule has 0 aliphatic heterocycles. The summed E-state index contributed by atoms with van der Waals surface area (Å²) in [4.78, 5) is 23.5. The number of halogens is 1. The van der Waals surface area contributed by atoms with Crippen LogP contribution in [-0.2, 0) is 17.8 Å². The van der Waals surface area contributed by atoms with Crippen LogP contribution in [0.5, 0.6) is 17.5 Å². The van der Waals surface area contributed by atoms with Crippen LogP contribution >= 0.6 is 0 Å². The third kappa shape index (κ3) is 6.86. The van der Waals surface area contributed by atoms with E-state index in [4.69, 9.17) is 19.3 Å². The van der Waals surface area contributed by atoms with Gasteiger partial charge in [0.05, 0.1) is 26.1 Å². The summed E-state index contributed by atoms with van der Waals surface area (Å²) >= 11 is 0. The first kappa shape index (κ1) is 23.9. The van der Waals surface area contributed by atoms with Crippen molar-refractivity contribution >= 4 is 5.97 Å². The van der Waals surface area contributed by atoms with Gasteiger partial charge < -0.3 is 19.3 Å². The van der Waals surface area contributed by atoms with Gasteiger partial charge in [0.15, 0.2) is 5.82 Å². The molecule has 3 aromatic rings. The Bertz CT molecular complexity index is 1110. The molecule has 3 rings (SSSR count). The van der Waals surface area contributed by atoms with Crippen molar-refractivity contribution in [3.05, 3.63) is 59.8 Å². The number of aromatic nitrogens is 3. The summed E-state index contributed by atoms with van der Waals surface area (Å²) in [7, 11) is 1.45. The van der Waals surface area contributed by atoms with Gasteiger partial charge in [-0.05, 0) is 30.0 Å². The molecule has 0 saturated carbocycles. The average molecular weight is 455 g/mol. The number of benzene rings is 1. The Labute approximate surface area is 191 Å². The first-order chi connectivity index (χ1) is 15.9. The van der Waals surface area contributed by atoms with Crippen molar-refractivity contribution in [3.63, 3.8) is 0 Å². The van der Waals surface area contributed by atoms with Crippen LogP contribution in [0.2, 0.25) is 0 Å². The zero-order chi connectivity index (χ0) is 23.8. The molecule has 0 unspecified atom stereocenters. The maximum atomic E-state index is 14.5. The molecule has 0 saturated heterocycles. The molecule has 0 bridgehead atoms. The smallest absolute Gasteiger partial charge is 0.303 e. The fourth-order valence-corrected chi connectivity index (χ4v) is 2.92. The van der Waals surface area contributed by atoms with Crippen molar-refractivity contribution in [2.75, 3.05) is 13.7 Å². The number of carboxylic acids is 1. The number of pyridine rings is 1. The monoisotopic (exact) mass is 455 g/mol. The highest BCUT2D eigenvalue weighted by Crippen LogP contribution is 2.31. The Morgan fingerprint density at radius 2 is 1.97 bits per heavy atom. The Morgan fingerprint density at radius 3 is 2.70 bits per heavy atom. The maximum Gasteiger partial charge on any atom is 0.303 e. The maximum absolute atomic E-state index is 14.5. The molecule has 1 aromatic carbocycles. The van der Waals surface area contributed by atoms with Gasteiger partial charge in [-0.3, -0.25) is 4.79 Å². The minimum absolute atomic E-state index is 0.0449. The van der Waals surface area contributed by atoms with E-state index in [2.05, 4.69) is 15.0 Å². The minimum atomic E-state index is -0.853. The van der Waals surface area contributed by atoms with Gasteiger partial charge >= 0.3 is 5.97 Å². The molecule has 0 aliphatic carbocycles. The average Bonchev–Trinajstić information content (AvgIpc) is 2.81. The molecule has 8 nitrogen and oxygen atoms in total. The molecule has 1 N–H and O–H groups in total. The van der Waals surface area contributed by atoms with Crippen molar-refractivity contribution in [1.82, 2.24) is 15.0 Å². The number of carbonyl (C=O) groups is 1. The number of methoxy groups -OCH3 is 1. The summed E-state index contributed by atoms with van der Waals surface area (Å²) in [5.41, 5.74) is 1.77. The highest BCUT2D eigenvalue weighted by atomic mass is 19.1. The van der Waals surface area contributed by atoms with Crippen LogP contribution in [0.1, 0.15) is 31.5 Å². The van der Waals surface area contributed by atoms with Gasteiger partial charge in [0.1, 0.15) is 23.7 Å². The molecule has 0 radical (unpaired) electrons. The predicted molar refractivity (Wildman–Crippen MR) is 119 cm³/mol. The lowest BCUT2D eigenvalue weighted by Crippen LogP contribution is -2.10. The Hall–Kier alpha value is -3.75. The van der Waals surface area contributed by atoms with E-state index in [0.717, 1.165) is 11.8 Å². The molecule has 2 heterocycles. The lowest BCUT2D eigenvalue weighted by atomic mass is 10.1. The van der Waals surface area contributed by atoms with E-state index in [1.165, 1.54) is 19.4 Å². The Kier molecular flexibility index (Phi) is 8.12. The predicted octanol–water partition coefficient (Wildman–Crippen LogP) is 4.32. The van der Waals surface area contributed by atoms with Gasteiger partial charge in [0.25, 0.3) is 0 Å². The van der Waals surface area contributed by atoms with E-state index >= 15 is 0 Å². The Morgan fingerprint density at radius 1 is 1.15 bits per heavy atom. The van der Waals surface area contributed by atoms with Crippen LogP contribution in [0.15, 0.2) is 42.7 Å². The molecule has 0 amide bonds. The van der Waals surface area contributed by atoms with Crippen LogP contribution in [-0.4, -0.2) is 39.7 Å². The highest BCUT2D eigenvalue weighted by molar-refractivity contribution is 5.67. The van der Waals surface area contributed by atoms with Gasteiger partial charge in [-0.15, -0.1) is 0 Å². The standard InChI is InChI=1S/C24H26FN3O5/c1-15(2)13-33-24-23(19-10-21(31-3)26-12-20(19)25)27-11-17(28-24)14-32-18-6-4-5-16(9-18)7-8-22(29)30/h4-6,9-12,15H,7-8,13-14H2,1-3H3,(H,29,30). The number of carboxylic acid groups (broad SMARTS) is 1. The number of hydrogen-bond donors (Lipinski definition) is 1. The summed E-state index contributed by atoms with van der Waals surface area (Å²) in [6, 6.07) is 8.67. The number of rotatable bonds is 11. The number of nitrogens with zero attached hydrogens (tertiary/aromatic N) is 3. The lowest BCUT2D eigenvalue weighted by molar-refractivity contribution is -0.136. The first-order valence-electron chi connectivity index (χ1n) is 10.5. The van der Waals surface area contributed by atoms with Crippen molar-refractivity contribution in [3.8, 4) is 28.8 Å². The second-order valence-corrected chi connectivity index (χ2v) is 7.76. The summed E-state index contributed by atoms with van der Waals surface area (Å²) in [6.45, 7) is 4.47. The van der Waals surface area contributed by atoms with Crippen molar-refractivity contribution in [1.29, 1.82) is 0 Å². The van der Waals surface area contributed by atoms with Crippen molar-refractivity contribution < 1.29 is 28.5 Å². The van der Waals surface area contributed by atoms with E-state index in [-0.39, 0.29) is 42.0 Å². The summed E-state index contributed by atoms with van der Waals surface area (Å²) in [6.07, 6.45) is 3.02. The molecular formula is C24H26FN3O5. The number of aryl methyl sites for hydroxylation is 1. The van der Waals surface area contributed by atoms with Crippen LogP contribution in [0, 0.1) is 11.7 Å². The van der Waals surface area contributed by atoms with E-state index in [9.17, 15) is 9.18 Å². The van der Waals surface area contributed by atoms with Crippen LogP contribution in [0.3, 0.4) is 0 Å². The second-order valence-electron chi connectivity index (χ2n) is 7.76. The summed E-state index contributed by atoms with van der Waals surface area (Å²) in [5, 5.41) is 8.86. The van der Waals surface area contributed by atoms with E-state index < -0.39 is 11.8 Å². The number of hydrogen-bond acceptors (Lipinski definition) is 7. The molecule has 174 valence electrons. The topological polar surface area (TPSA) is 104 Å². The van der Waals surface area contributed by atoms with E-state index in [1.807, 2.05) is 19.9 Å². The number of ether oxygens (including phenoxy) is 3. The molecule has 9 heteroatoms. The van der Waals surface area contributed by atoms with Crippen LogP contribution < -0.4 is 14.2 Å². The van der Waals surface area contributed by atoms with E-state index in [1.54, 1.807) is 18.2 Å². The van der Waals surface area contributed by atoms with E-state index in [0.29, 0.717) is 24.5 Å². The summed E-state index contributed by atoms with van der Waals surface area (Å²) in [5.74, 6) is -0.177.